The Morgan fingerprint density at radius 1 is 1.12 bits per heavy atom. The molecule has 0 N–H and O–H groups in total. The van der Waals surface area contributed by atoms with Crippen molar-refractivity contribution >= 4 is 29.0 Å². The van der Waals surface area contributed by atoms with Crippen LogP contribution >= 0.6 is 0 Å². The van der Waals surface area contributed by atoms with Crippen LogP contribution in [0, 0.1) is 27.8 Å². The molecule has 33 heavy (non-hydrogen) atoms. The molecule has 3 aliphatic heterocycles. The van der Waals surface area contributed by atoms with Gasteiger partial charge in [-0.1, -0.05) is 0 Å². The van der Waals surface area contributed by atoms with Crippen molar-refractivity contribution in [3.63, 3.8) is 0 Å². The number of hydrogen-bond acceptors (Lipinski definition) is 7. The smallest absolute Gasteiger partial charge is 0.273 e. The molecule has 9 nitrogen and oxygen atoms in total. The number of hydrogen-bond donors (Lipinski definition) is 0. The summed E-state index contributed by atoms with van der Waals surface area (Å²) >= 11 is 0. The minimum atomic E-state index is -0.889. The molecule has 3 fully saturated rings. The highest BCUT2D eigenvalue weighted by Gasteiger charge is 2.65. The molecule has 170 valence electrons. The second-order valence-electron chi connectivity index (χ2n) is 8.44. The first-order valence-electron chi connectivity index (χ1n) is 10.6. The van der Waals surface area contributed by atoms with Gasteiger partial charge < -0.3 is 4.74 Å². The number of nitro benzene ring substituents is 1. The fraction of sp³-hybridized carbons (Fsp3) is 0.348. The topological polar surface area (TPSA) is 110 Å². The van der Waals surface area contributed by atoms with Crippen LogP contribution in [-0.4, -0.2) is 53.2 Å². The largest absolute Gasteiger partial charge is 0.494 e. The van der Waals surface area contributed by atoms with Crippen LogP contribution in [0.1, 0.15) is 23.2 Å². The lowest BCUT2D eigenvalue weighted by Gasteiger charge is -2.28. The maximum Gasteiger partial charge on any atom is 0.273 e. The summed E-state index contributed by atoms with van der Waals surface area (Å²) in [5.41, 5.74) is 0.158. The van der Waals surface area contributed by atoms with Gasteiger partial charge in [0.05, 0.1) is 41.7 Å². The summed E-state index contributed by atoms with van der Waals surface area (Å²) in [6.45, 7) is 0.594. The van der Waals surface area contributed by atoms with E-state index in [9.17, 15) is 28.9 Å². The molecule has 4 atom stereocenters. The number of amides is 2. The number of fused-ring (bicyclic) bond motifs is 3. The first-order chi connectivity index (χ1) is 15.8. The Morgan fingerprint density at radius 3 is 2.48 bits per heavy atom. The number of anilines is 1. The molecule has 3 aliphatic rings. The van der Waals surface area contributed by atoms with Crippen LogP contribution in [-0.2, 0) is 9.59 Å². The van der Waals surface area contributed by atoms with Gasteiger partial charge in [-0.15, -0.1) is 0 Å². The van der Waals surface area contributed by atoms with Gasteiger partial charge in [0, 0.05) is 17.7 Å². The van der Waals surface area contributed by atoms with Gasteiger partial charge in [-0.3, -0.25) is 29.4 Å². The zero-order valence-corrected chi connectivity index (χ0v) is 17.6. The van der Waals surface area contributed by atoms with E-state index in [0.29, 0.717) is 13.0 Å². The predicted molar refractivity (Wildman–Crippen MR) is 113 cm³/mol. The van der Waals surface area contributed by atoms with Crippen molar-refractivity contribution in [1.82, 2.24) is 4.90 Å². The number of rotatable bonds is 5. The number of nitro groups is 1. The average Bonchev–Trinajstić information content (AvgIpc) is 3.45. The number of non-ortho nitro benzene ring substituents is 1. The Hall–Kier alpha value is -3.66. The number of carbonyl (C=O) groups excluding carboxylic acids is 3. The van der Waals surface area contributed by atoms with E-state index in [2.05, 4.69) is 0 Å². The van der Waals surface area contributed by atoms with Crippen molar-refractivity contribution in [3.8, 4) is 5.75 Å². The summed E-state index contributed by atoms with van der Waals surface area (Å²) in [6, 6.07) is 7.74. The van der Waals surface area contributed by atoms with Gasteiger partial charge in [0.25, 0.3) is 5.69 Å². The maximum absolute atomic E-state index is 13.6. The normalized spacial score (nSPS) is 26.4. The second kappa shape index (κ2) is 7.73. The number of imide groups is 1. The highest BCUT2D eigenvalue weighted by atomic mass is 19.1. The van der Waals surface area contributed by atoms with Gasteiger partial charge in [0.1, 0.15) is 11.6 Å². The summed E-state index contributed by atoms with van der Waals surface area (Å²) in [5.74, 6) is -3.34. The zero-order valence-electron chi connectivity index (χ0n) is 17.6. The molecule has 0 saturated carbocycles. The van der Waals surface area contributed by atoms with Crippen LogP contribution in [0.2, 0.25) is 0 Å². The fourth-order valence-electron chi connectivity index (χ4n) is 5.50. The molecule has 0 bridgehead atoms. The lowest BCUT2D eigenvalue weighted by molar-refractivity contribution is -0.384. The third-order valence-electron chi connectivity index (χ3n) is 6.86. The molecule has 10 heteroatoms. The third-order valence-corrected chi connectivity index (χ3v) is 6.86. The summed E-state index contributed by atoms with van der Waals surface area (Å²) in [6.07, 6.45) is 1.47. The molecule has 3 heterocycles. The number of nitrogens with zero attached hydrogens (tertiary/aromatic N) is 3. The van der Waals surface area contributed by atoms with Crippen molar-refractivity contribution in [1.29, 1.82) is 0 Å². The molecule has 0 spiro atoms. The van der Waals surface area contributed by atoms with Gasteiger partial charge in [-0.2, -0.15) is 0 Å². The van der Waals surface area contributed by atoms with Crippen LogP contribution in [0.4, 0.5) is 15.8 Å². The number of benzene rings is 2. The lowest BCUT2D eigenvalue weighted by Crippen LogP contribution is -2.46. The molecule has 2 amide bonds. The molecule has 0 aromatic heterocycles. The minimum Gasteiger partial charge on any atom is -0.494 e. The Morgan fingerprint density at radius 2 is 1.82 bits per heavy atom. The monoisotopic (exact) mass is 453 g/mol. The second-order valence-corrected chi connectivity index (χ2v) is 8.44. The van der Waals surface area contributed by atoms with Crippen LogP contribution in [0.5, 0.6) is 5.75 Å². The maximum atomic E-state index is 13.6. The quantitative estimate of drug-likeness (QED) is 0.296. The van der Waals surface area contributed by atoms with E-state index < -0.39 is 40.4 Å². The van der Waals surface area contributed by atoms with E-state index in [4.69, 9.17) is 4.74 Å². The van der Waals surface area contributed by atoms with Crippen LogP contribution in [0.25, 0.3) is 0 Å². The van der Waals surface area contributed by atoms with Gasteiger partial charge in [0.2, 0.25) is 11.8 Å². The summed E-state index contributed by atoms with van der Waals surface area (Å²) in [5, 5.41) is 11.1. The molecule has 3 saturated heterocycles. The number of ketones is 1. The Kier molecular flexibility index (Phi) is 4.97. The van der Waals surface area contributed by atoms with Crippen LogP contribution < -0.4 is 9.64 Å². The number of methoxy groups -OCH3 is 1. The Bertz CT molecular complexity index is 1180. The molecule has 5 rings (SSSR count). The van der Waals surface area contributed by atoms with E-state index in [0.717, 1.165) is 17.4 Å². The summed E-state index contributed by atoms with van der Waals surface area (Å²) in [4.78, 5) is 54.0. The number of ether oxygens (including phenoxy) is 1. The Labute approximate surface area is 187 Å². The fourth-order valence-corrected chi connectivity index (χ4v) is 5.50. The molecule has 0 aliphatic carbocycles. The predicted octanol–water partition coefficient (Wildman–Crippen LogP) is 2.58. The number of carbonyl (C=O) groups is 3. The van der Waals surface area contributed by atoms with Crippen LogP contribution in [0.15, 0.2) is 42.5 Å². The molecule has 2 aromatic rings. The lowest BCUT2D eigenvalue weighted by atomic mass is 9.85. The molecule has 0 unspecified atom stereocenters. The summed E-state index contributed by atoms with van der Waals surface area (Å²) < 4.78 is 18.6. The van der Waals surface area contributed by atoms with Gasteiger partial charge in [0.15, 0.2) is 5.78 Å². The van der Waals surface area contributed by atoms with E-state index in [1.54, 1.807) is 0 Å². The van der Waals surface area contributed by atoms with E-state index >= 15 is 0 Å². The third kappa shape index (κ3) is 3.12. The van der Waals surface area contributed by atoms with Gasteiger partial charge in [-0.05, 0) is 49.7 Å². The molecule has 2 aromatic carbocycles. The van der Waals surface area contributed by atoms with Crippen molar-refractivity contribution in [2.45, 2.75) is 24.9 Å². The van der Waals surface area contributed by atoms with Crippen molar-refractivity contribution < 1.29 is 28.4 Å². The standard InChI is InChI=1S/C23H20FN3O6/c1-33-17-11-14(27(31)32)8-9-15(17)26-22(29)18-16-3-2-10-25(16)20(19(18)23(26)30)21(28)12-4-6-13(24)7-5-12/h4-9,11,16,18-20H,2-3,10H2,1H3/t16-,18-,19-,20+/m1/s1. The summed E-state index contributed by atoms with van der Waals surface area (Å²) in [7, 11) is 1.30. The number of Topliss-reactive ketones (excluding diaryl/α,β-unsaturated/α-hetero) is 1. The molecular weight excluding hydrogens is 433 g/mol. The highest BCUT2D eigenvalue weighted by Crippen LogP contribution is 2.49. The SMILES string of the molecule is COc1cc([N+](=O)[O-])ccc1N1C(=O)[C@@H]2[C@H](C1=O)[C@H]1CCCN1[C@@H]2C(=O)c1ccc(F)cc1. The van der Waals surface area contributed by atoms with Crippen molar-refractivity contribution in [2.75, 3.05) is 18.6 Å². The average molecular weight is 453 g/mol. The van der Waals surface area contributed by atoms with Crippen molar-refractivity contribution in [3.05, 3.63) is 64.0 Å². The van der Waals surface area contributed by atoms with E-state index in [-0.39, 0.29) is 34.5 Å². The zero-order chi connectivity index (χ0) is 23.4. The molecular formula is C23H20FN3O6. The number of halogens is 1. The van der Waals surface area contributed by atoms with Crippen molar-refractivity contribution in [2.24, 2.45) is 11.8 Å². The van der Waals surface area contributed by atoms with Gasteiger partial charge >= 0.3 is 0 Å². The Balaban J connectivity index is 1.55. The first kappa shape index (κ1) is 21.2. The minimum absolute atomic E-state index is 0.0237. The van der Waals surface area contributed by atoms with E-state index in [1.807, 2.05) is 4.90 Å². The molecule has 0 radical (unpaired) electrons. The highest BCUT2D eigenvalue weighted by molar-refractivity contribution is 6.25. The van der Waals surface area contributed by atoms with Gasteiger partial charge in [-0.25, -0.2) is 9.29 Å². The van der Waals surface area contributed by atoms with Crippen LogP contribution in [0.3, 0.4) is 0 Å². The first-order valence-corrected chi connectivity index (χ1v) is 10.6. The van der Waals surface area contributed by atoms with E-state index in [1.165, 1.54) is 43.5 Å².